The van der Waals surface area contributed by atoms with Gasteiger partial charge in [-0.05, 0) is 20.8 Å². The van der Waals surface area contributed by atoms with Gasteiger partial charge in [0.1, 0.15) is 11.9 Å². The first-order chi connectivity index (χ1) is 8.78. The second kappa shape index (κ2) is 4.52. The number of nitrogens with zero attached hydrogens (tertiary/aromatic N) is 4. The van der Waals surface area contributed by atoms with Gasteiger partial charge in [0, 0.05) is 13.1 Å². The molecular formula is C11H16N4O4. The molecule has 1 saturated heterocycles. The van der Waals surface area contributed by atoms with Crippen molar-refractivity contribution in [3.8, 4) is 0 Å². The molecule has 0 spiro atoms. The van der Waals surface area contributed by atoms with E-state index in [1.807, 2.05) is 0 Å². The fraction of sp³-hybridized carbons (Fsp3) is 0.636. The second-order valence-corrected chi connectivity index (χ2v) is 5.37. The fourth-order valence-electron chi connectivity index (χ4n) is 1.76. The maximum Gasteiger partial charge on any atom is 0.410 e. The number of carbonyl (C=O) groups is 2. The van der Waals surface area contributed by atoms with Gasteiger partial charge in [-0.1, -0.05) is 0 Å². The van der Waals surface area contributed by atoms with Crippen molar-refractivity contribution in [2.24, 2.45) is 0 Å². The number of carbonyl (C=O) groups excluding carboxylic acids is 1. The van der Waals surface area contributed by atoms with E-state index in [0.717, 1.165) is 0 Å². The first kappa shape index (κ1) is 13.3. The van der Waals surface area contributed by atoms with Crippen LogP contribution in [0.4, 0.5) is 4.79 Å². The Balaban J connectivity index is 1.94. The van der Waals surface area contributed by atoms with E-state index in [0.29, 0.717) is 13.1 Å². The molecule has 0 aromatic carbocycles. The third kappa shape index (κ3) is 2.83. The van der Waals surface area contributed by atoms with Crippen LogP contribution in [0.25, 0.3) is 0 Å². The molecule has 0 atom stereocenters. The van der Waals surface area contributed by atoms with E-state index >= 15 is 0 Å². The van der Waals surface area contributed by atoms with Crippen LogP contribution in [0.3, 0.4) is 0 Å². The summed E-state index contributed by atoms with van der Waals surface area (Å²) in [5, 5.41) is 12.8. The Hall–Kier alpha value is -2.12. The molecule has 0 saturated carbocycles. The van der Waals surface area contributed by atoms with Gasteiger partial charge in [0.2, 0.25) is 5.82 Å². The SMILES string of the molecule is CC(C)(C)OC(=O)N1CC(n2ncnc2C(=O)O)C1. The normalized spacial score (nSPS) is 16.1. The third-order valence-electron chi connectivity index (χ3n) is 2.62. The molecule has 0 radical (unpaired) electrons. The van der Waals surface area contributed by atoms with E-state index in [1.165, 1.54) is 15.9 Å². The molecule has 2 rings (SSSR count). The Morgan fingerprint density at radius 2 is 2.05 bits per heavy atom. The van der Waals surface area contributed by atoms with E-state index < -0.39 is 17.7 Å². The van der Waals surface area contributed by atoms with Crippen LogP contribution in [0.5, 0.6) is 0 Å². The van der Waals surface area contributed by atoms with Crippen molar-refractivity contribution < 1.29 is 19.4 Å². The number of amides is 1. The molecular weight excluding hydrogens is 252 g/mol. The lowest BCUT2D eigenvalue weighted by Gasteiger charge is -2.39. The minimum absolute atomic E-state index is 0.117. The number of aromatic nitrogens is 3. The van der Waals surface area contributed by atoms with E-state index in [1.54, 1.807) is 20.8 Å². The summed E-state index contributed by atoms with van der Waals surface area (Å²) in [7, 11) is 0. The van der Waals surface area contributed by atoms with Gasteiger partial charge >= 0.3 is 12.1 Å². The van der Waals surface area contributed by atoms with Crippen molar-refractivity contribution in [3.05, 3.63) is 12.2 Å². The van der Waals surface area contributed by atoms with Crippen molar-refractivity contribution in [3.63, 3.8) is 0 Å². The summed E-state index contributed by atoms with van der Waals surface area (Å²) in [6.45, 7) is 6.13. The molecule has 1 fully saturated rings. The summed E-state index contributed by atoms with van der Waals surface area (Å²) in [5.41, 5.74) is -0.540. The van der Waals surface area contributed by atoms with Crippen LogP contribution in [0.15, 0.2) is 6.33 Å². The molecule has 1 amide bonds. The minimum atomic E-state index is -1.13. The van der Waals surface area contributed by atoms with Gasteiger partial charge in [0.15, 0.2) is 0 Å². The van der Waals surface area contributed by atoms with Gasteiger partial charge in [0.05, 0.1) is 6.04 Å². The average molecular weight is 268 g/mol. The van der Waals surface area contributed by atoms with Crippen molar-refractivity contribution >= 4 is 12.1 Å². The quantitative estimate of drug-likeness (QED) is 0.850. The second-order valence-electron chi connectivity index (χ2n) is 5.37. The summed E-state index contributed by atoms with van der Waals surface area (Å²) >= 11 is 0. The molecule has 1 N–H and O–H groups in total. The topological polar surface area (TPSA) is 97.5 Å². The number of carboxylic acids is 1. The minimum Gasteiger partial charge on any atom is -0.475 e. The Morgan fingerprint density at radius 3 is 2.58 bits per heavy atom. The van der Waals surface area contributed by atoms with E-state index in [-0.39, 0.29) is 11.9 Å². The molecule has 0 unspecified atom stereocenters. The molecule has 104 valence electrons. The average Bonchev–Trinajstić information content (AvgIpc) is 2.60. The standard InChI is InChI=1S/C11H16N4O4/c1-11(2,3)19-10(18)14-4-7(5-14)15-8(9(16)17)12-6-13-15/h6-7H,4-5H2,1-3H3,(H,16,17). The number of aromatic carboxylic acids is 1. The monoisotopic (exact) mass is 268 g/mol. The van der Waals surface area contributed by atoms with Crippen molar-refractivity contribution in [2.45, 2.75) is 32.4 Å². The Kier molecular flexibility index (Phi) is 3.17. The Morgan fingerprint density at radius 1 is 1.42 bits per heavy atom. The maximum atomic E-state index is 11.7. The first-order valence-electron chi connectivity index (χ1n) is 5.88. The zero-order chi connectivity index (χ0) is 14.2. The number of hydrogen-bond donors (Lipinski definition) is 1. The lowest BCUT2D eigenvalue weighted by Crippen LogP contribution is -2.52. The van der Waals surface area contributed by atoms with Gasteiger partial charge in [-0.25, -0.2) is 19.3 Å². The fourth-order valence-corrected chi connectivity index (χ4v) is 1.76. The summed E-state index contributed by atoms with van der Waals surface area (Å²) in [5.74, 6) is -1.25. The van der Waals surface area contributed by atoms with Crippen LogP contribution in [0.2, 0.25) is 0 Å². The van der Waals surface area contributed by atoms with Crippen LogP contribution >= 0.6 is 0 Å². The Bertz CT molecular complexity index is 499. The van der Waals surface area contributed by atoms with Gasteiger partial charge in [0.25, 0.3) is 0 Å². The molecule has 1 aliphatic rings. The van der Waals surface area contributed by atoms with E-state index in [4.69, 9.17) is 9.84 Å². The maximum absolute atomic E-state index is 11.7. The van der Waals surface area contributed by atoms with Crippen LogP contribution in [0, 0.1) is 0 Å². The molecule has 19 heavy (non-hydrogen) atoms. The Labute approximate surface area is 110 Å². The molecule has 1 aromatic heterocycles. The number of hydrogen-bond acceptors (Lipinski definition) is 5. The number of ether oxygens (including phenoxy) is 1. The first-order valence-corrected chi connectivity index (χ1v) is 5.88. The highest BCUT2D eigenvalue weighted by Crippen LogP contribution is 2.23. The van der Waals surface area contributed by atoms with Crippen molar-refractivity contribution in [1.29, 1.82) is 0 Å². The van der Waals surface area contributed by atoms with Crippen LogP contribution < -0.4 is 0 Å². The largest absolute Gasteiger partial charge is 0.475 e. The summed E-state index contributed by atoms with van der Waals surface area (Å²) in [6, 6.07) is -0.166. The van der Waals surface area contributed by atoms with Crippen LogP contribution in [-0.2, 0) is 4.74 Å². The highest BCUT2D eigenvalue weighted by Gasteiger charge is 2.37. The van der Waals surface area contributed by atoms with Crippen molar-refractivity contribution in [1.82, 2.24) is 19.7 Å². The summed E-state index contributed by atoms with van der Waals surface area (Å²) in [6.07, 6.45) is 0.792. The lowest BCUT2D eigenvalue weighted by atomic mass is 10.1. The highest BCUT2D eigenvalue weighted by molar-refractivity contribution is 5.83. The zero-order valence-corrected chi connectivity index (χ0v) is 11.0. The van der Waals surface area contributed by atoms with Gasteiger partial charge in [-0.2, -0.15) is 5.10 Å². The molecule has 1 aliphatic heterocycles. The lowest BCUT2D eigenvalue weighted by molar-refractivity contribution is -0.000870. The third-order valence-corrected chi connectivity index (χ3v) is 2.62. The molecule has 0 aliphatic carbocycles. The number of carboxylic acid groups (broad SMARTS) is 1. The van der Waals surface area contributed by atoms with E-state index in [9.17, 15) is 9.59 Å². The molecule has 2 heterocycles. The van der Waals surface area contributed by atoms with Crippen molar-refractivity contribution in [2.75, 3.05) is 13.1 Å². The van der Waals surface area contributed by atoms with Crippen LogP contribution in [-0.4, -0.2) is 55.5 Å². The molecule has 1 aromatic rings. The number of likely N-dealkylation sites (tertiary alicyclic amines) is 1. The molecule has 8 heteroatoms. The molecule has 8 nitrogen and oxygen atoms in total. The van der Waals surface area contributed by atoms with E-state index in [2.05, 4.69) is 10.1 Å². The van der Waals surface area contributed by atoms with Gasteiger partial charge in [-0.3, -0.25) is 0 Å². The smallest absolute Gasteiger partial charge is 0.410 e. The van der Waals surface area contributed by atoms with Crippen LogP contribution in [0.1, 0.15) is 37.4 Å². The van der Waals surface area contributed by atoms with Gasteiger partial charge in [-0.15, -0.1) is 0 Å². The predicted octanol–water partition coefficient (Wildman–Crippen LogP) is 0.768. The molecule has 0 bridgehead atoms. The summed E-state index contributed by atoms with van der Waals surface area (Å²) < 4.78 is 6.53. The zero-order valence-electron chi connectivity index (χ0n) is 11.0. The summed E-state index contributed by atoms with van der Waals surface area (Å²) in [4.78, 5) is 27.8. The highest BCUT2D eigenvalue weighted by atomic mass is 16.6. The van der Waals surface area contributed by atoms with Gasteiger partial charge < -0.3 is 14.7 Å². The predicted molar refractivity (Wildman–Crippen MR) is 63.8 cm³/mol. The number of rotatable bonds is 2.